The van der Waals surface area contributed by atoms with E-state index < -0.39 is 11.5 Å². The van der Waals surface area contributed by atoms with E-state index in [1.807, 2.05) is 13.8 Å². The normalized spacial score (nSPS) is 17.9. The first-order chi connectivity index (χ1) is 9.43. The molecule has 1 atom stereocenters. The molecule has 2 rings (SSSR count). The van der Waals surface area contributed by atoms with Gasteiger partial charge in [0.2, 0.25) is 0 Å². The van der Waals surface area contributed by atoms with Crippen LogP contribution in [-0.2, 0) is 0 Å². The minimum Gasteiger partial charge on any atom is -0.497 e. The highest BCUT2D eigenvalue weighted by Crippen LogP contribution is 2.37. The highest BCUT2D eigenvalue weighted by molar-refractivity contribution is 6.00. The number of nitrogens with zero attached hydrogens (tertiary/aromatic N) is 2. The predicted molar refractivity (Wildman–Crippen MR) is 73.3 cm³/mol. The lowest BCUT2D eigenvalue weighted by atomic mass is 9.93. The van der Waals surface area contributed by atoms with Crippen molar-refractivity contribution in [2.45, 2.75) is 19.9 Å². The van der Waals surface area contributed by atoms with Crippen molar-refractivity contribution in [2.75, 3.05) is 20.3 Å². The molecule has 0 fully saturated rings. The molecule has 1 aromatic carbocycles. The zero-order valence-corrected chi connectivity index (χ0v) is 11.9. The lowest BCUT2D eigenvalue weighted by molar-refractivity contribution is 0.0591. The van der Waals surface area contributed by atoms with Crippen LogP contribution in [0.5, 0.6) is 5.75 Å². The molecule has 1 aliphatic heterocycles. The second-order valence-corrected chi connectivity index (χ2v) is 5.74. The van der Waals surface area contributed by atoms with Crippen LogP contribution in [0.1, 0.15) is 35.8 Å². The fourth-order valence-electron chi connectivity index (χ4n) is 2.34. The van der Waals surface area contributed by atoms with Gasteiger partial charge in [0.1, 0.15) is 11.8 Å². The number of ether oxygens (including phenoxy) is 1. The first-order valence-corrected chi connectivity index (χ1v) is 6.43. The number of hydrogen-bond donors (Lipinski definition) is 1. The number of hydrogen-bond acceptors (Lipinski definition) is 4. The second kappa shape index (κ2) is 5.14. The van der Waals surface area contributed by atoms with Gasteiger partial charge in [0.15, 0.2) is 0 Å². The molecule has 0 saturated heterocycles. The van der Waals surface area contributed by atoms with E-state index in [0.717, 1.165) is 0 Å². The summed E-state index contributed by atoms with van der Waals surface area (Å²) in [6.45, 7) is 4.00. The molecular formula is C15H18N2O3. The van der Waals surface area contributed by atoms with Crippen LogP contribution in [0.3, 0.4) is 0 Å². The minimum absolute atomic E-state index is 0.0470. The standard InChI is InChI=1S/C15H18N2O3/c1-15(2,9-18)8-17-13(7-16)12-6-10(20-3)4-5-11(12)14(17)19/h4-6,13,18H,8-9H2,1-3H3. The maximum Gasteiger partial charge on any atom is 0.255 e. The van der Waals surface area contributed by atoms with Crippen LogP contribution in [0.15, 0.2) is 18.2 Å². The number of amides is 1. The van der Waals surface area contributed by atoms with E-state index in [-0.39, 0.29) is 12.5 Å². The van der Waals surface area contributed by atoms with Crippen molar-refractivity contribution < 1.29 is 14.6 Å². The van der Waals surface area contributed by atoms with Crippen LogP contribution < -0.4 is 4.74 Å². The topological polar surface area (TPSA) is 73.6 Å². The SMILES string of the molecule is COc1ccc2c(c1)C(C#N)N(CC(C)(C)CO)C2=O. The van der Waals surface area contributed by atoms with Gasteiger partial charge in [-0.15, -0.1) is 0 Å². The van der Waals surface area contributed by atoms with Crippen molar-refractivity contribution in [3.8, 4) is 11.8 Å². The third-order valence-electron chi connectivity index (χ3n) is 3.50. The Morgan fingerprint density at radius 3 is 2.75 bits per heavy atom. The van der Waals surface area contributed by atoms with Crippen molar-refractivity contribution >= 4 is 5.91 Å². The summed E-state index contributed by atoms with van der Waals surface area (Å²) in [7, 11) is 1.55. The zero-order valence-electron chi connectivity index (χ0n) is 11.9. The average Bonchev–Trinajstić information content (AvgIpc) is 2.70. The van der Waals surface area contributed by atoms with E-state index in [0.29, 0.717) is 23.4 Å². The van der Waals surface area contributed by atoms with E-state index in [1.165, 1.54) is 4.90 Å². The quantitative estimate of drug-likeness (QED) is 0.907. The van der Waals surface area contributed by atoms with Gasteiger partial charge >= 0.3 is 0 Å². The number of nitriles is 1. The Labute approximate surface area is 118 Å². The summed E-state index contributed by atoms with van der Waals surface area (Å²) in [5, 5.41) is 18.7. The average molecular weight is 274 g/mol. The van der Waals surface area contributed by atoms with Gasteiger partial charge < -0.3 is 14.7 Å². The van der Waals surface area contributed by atoms with Crippen LogP contribution in [0, 0.1) is 16.7 Å². The Bertz CT molecular complexity index is 575. The number of carbonyl (C=O) groups excluding carboxylic acids is 1. The van der Waals surface area contributed by atoms with Gasteiger partial charge in [0, 0.05) is 29.7 Å². The Morgan fingerprint density at radius 1 is 1.50 bits per heavy atom. The van der Waals surface area contributed by atoms with E-state index in [4.69, 9.17) is 4.74 Å². The summed E-state index contributed by atoms with van der Waals surface area (Å²) in [6.07, 6.45) is 0. The van der Waals surface area contributed by atoms with Crippen molar-refractivity contribution in [1.29, 1.82) is 5.26 Å². The first-order valence-electron chi connectivity index (χ1n) is 6.43. The summed E-state index contributed by atoms with van der Waals surface area (Å²) in [5.41, 5.74) is 0.758. The Kier molecular flexibility index (Phi) is 3.69. The van der Waals surface area contributed by atoms with Crippen LogP contribution in [-0.4, -0.2) is 36.2 Å². The second-order valence-electron chi connectivity index (χ2n) is 5.74. The predicted octanol–water partition coefficient (Wildman–Crippen LogP) is 1.73. The molecule has 5 heteroatoms. The Morgan fingerprint density at radius 2 is 2.20 bits per heavy atom. The Hall–Kier alpha value is -2.06. The zero-order chi connectivity index (χ0) is 14.9. The van der Waals surface area contributed by atoms with E-state index in [9.17, 15) is 15.2 Å². The monoisotopic (exact) mass is 274 g/mol. The van der Waals surface area contributed by atoms with E-state index in [1.54, 1.807) is 25.3 Å². The third-order valence-corrected chi connectivity index (χ3v) is 3.50. The largest absolute Gasteiger partial charge is 0.497 e. The number of benzene rings is 1. The van der Waals surface area contributed by atoms with Gasteiger partial charge in [0.25, 0.3) is 5.91 Å². The summed E-state index contributed by atoms with van der Waals surface area (Å²) in [4.78, 5) is 13.9. The van der Waals surface area contributed by atoms with Crippen LogP contribution in [0.25, 0.3) is 0 Å². The van der Waals surface area contributed by atoms with Crippen LogP contribution in [0.2, 0.25) is 0 Å². The molecule has 1 aromatic rings. The molecule has 1 aliphatic rings. The smallest absolute Gasteiger partial charge is 0.255 e. The third kappa shape index (κ3) is 2.35. The van der Waals surface area contributed by atoms with Crippen molar-refractivity contribution in [3.63, 3.8) is 0 Å². The van der Waals surface area contributed by atoms with Gasteiger partial charge in [-0.2, -0.15) is 5.26 Å². The van der Waals surface area contributed by atoms with Crippen LogP contribution >= 0.6 is 0 Å². The molecule has 1 unspecified atom stereocenters. The molecule has 0 aliphatic carbocycles. The molecule has 0 aromatic heterocycles. The molecule has 1 N–H and O–H groups in total. The number of fused-ring (bicyclic) bond motifs is 1. The maximum absolute atomic E-state index is 12.4. The van der Waals surface area contributed by atoms with Gasteiger partial charge in [0.05, 0.1) is 13.2 Å². The number of aliphatic hydroxyl groups is 1. The molecule has 0 radical (unpaired) electrons. The lowest BCUT2D eigenvalue weighted by Gasteiger charge is -2.30. The molecule has 5 nitrogen and oxygen atoms in total. The first kappa shape index (κ1) is 14.4. The van der Waals surface area contributed by atoms with E-state index in [2.05, 4.69) is 6.07 Å². The van der Waals surface area contributed by atoms with Gasteiger partial charge in [-0.25, -0.2) is 0 Å². The van der Waals surface area contributed by atoms with Crippen LogP contribution in [0.4, 0.5) is 0 Å². The van der Waals surface area contributed by atoms with Crippen molar-refractivity contribution in [2.24, 2.45) is 5.41 Å². The highest BCUT2D eigenvalue weighted by atomic mass is 16.5. The molecule has 0 saturated carbocycles. The highest BCUT2D eigenvalue weighted by Gasteiger charge is 2.39. The molecule has 0 spiro atoms. The maximum atomic E-state index is 12.4. The summed E-state index contributed by atoms with van der Waals surface area (Å²) < 4.78 is 5.15. The number of carbonyl (C=O) groups is 1. The fraction of sp³-hybridized carbons (Fsp3) is 0.467. The molecule has 106 valence electrons. The van der Waals surface area contributed by atoms with Gasteiger partial charge in [-0.3, -0.25) is 4.79 Å². The van der Waals surface area contributed by atoms with Crippen molar-refractivity contribution in [1.82, 2.24) is 4.90 Å². The number of rotatable bonds is 4. The molecule has 0 bridgehead atoms. The summed E-state index contributed by atoms with van der Waals surface area (Å²) in [6, 6.07) is 6.67. The summed E-state index contributed by atoms with van der Waals surface area (Å²) in [5.74, 6) is 0.454. The molecular weight excluding hydrogens is 256 g/mol. The lowest BCUT2D eigenvalue weighted by Crippen LogP contribution is -2.38. The number of methoxy groups -OCH3 is 1. The molecule has 1 amide bonds. The number of aliphatic hydroxyl groups excluding tert-OH is 1. The minimum atomic E-state index is -0.626. The van der Waals surface area contributed by atoms with Gasteiger partial charge in [-0.1, -0.05) is 13.8 Å². The van der Waals surface area contributed by atoms with E-state index >= 15 is 0 Å². The van der Waals surface area contributed by atoms with Crippen molar-refractivity contribution in [3.05, 3.63) is 29.3 Å². The summed E-state index contributed by atoms with van der Waals surface area (Å²) >= 11 is 0. The molecule has 1 heterocycles. The van der Waals surface area contributed by atoms with Gasteiger partial charge in [-0.05, 0) is 18.2 Å². The Balaban J connectivity index is 2.40. The molecule has 20 heavy (non-hydrogen) atoms. The fourth-order valence-corrected chi connectivity index (χ4v) is 2.34.